The number of halogens is 1. The van der Waals surface area contributed by atoms with Crippen LogP contribution in [0.2, 0.25) is 5.02 Å². The molecule has 3 heteroatoms. The molecule has 1 N–H and O–H groups in total. The molecule has 2 nitrogen and oxygen atoms in total. The van der Waals surface area contributed by atoms with Crippen LogP contribution in [-0.4, -0.2) is 11.1 Å². The highest BCUT2D eigenvalue weighted by atomic mass is 35.5. The van der Waals surface area contributed by atoms with E-state index in [9.17, 15) is 4.79 Å². The standard InChI is InChI=1S/C13H17ClO2/c1-4-12(13(15)16)10-5-9(8(2)3)6-11(14)7-10/h5-8,12H,4H2,1-3H3,(H,15,16). The first kappa shape index (κ1) is 13.0. The smallest absolute Gasteiger partial charge is 0.310 e. The maximum atomic E-state index is 11.1. The Morgan fingerprint density at radius 3 is 2.31 bits per heavy atom. The summed E-state index contributed by atoms with van der Waals surface area (Å²) in [6.07, 6.45) is 0.577. The molecule has 0 fully saturated rings. The van der Waals surface area contributed by atoms with E-state index in [4.69, 9.17) is 16.7 Å². The van der Waals surface area contributed by atoms with Crippen LogP contribution < -0.4 is 0 Å². The molecule has 0 saturated carbocycles. The molecule has 1 aromatic rings. The third kappa shape index (κ3) is 2.99. The van der Waals surface area contributed by atoms with Crippen molar-refractivity contribution in [3.05, 3.63) is 34.3 Å². The van der Waals surface area contributed by atoms with Crippen molar-refractivity contribution in [3.8, 4) is 0 Å². The van der Waals surface area contributed by atoms with Gasteiger partial charge in [0, 0.05) is 5.02 Å². The first-order chi connectivity index (χ1) is 7.45. The summed E-state index contributed by atoms with van der Waals surface area (Å²) in [6.45, 7) is 6.00. The molecule has 0 bridgehead atoms. The van der Waals surface area contributed by atoms with Crippen molar-refractivity contribution in [3.63, 3.8) is 0 Å². The van der Waals surface area contributed by atoms with E-state index in [0.717, 1.165) is 11.1 Å². The molecule has 0 spiro atoms. The third-order valence-corrected chi connectivity index (χ3v) is 2.94. The van der Waals surface area contributed by atoms with Crippen molar-refractivity contribution in [1.29, 1.82) is 0 Å². The zero-order chi connectivity index (χ0) is 12.3. The normalized spacial score (nSPS) is 12.8. The van der Waals surface area contributed by atoms with E-state index < -0.39 is 11.9 Å². The number of hydrogen-bond acceptors (Lipinski definition) is 1. The number of rotatable bonds is 4. The molecule has 1 atom stereocenters. The second-order valence-corrected chi connectivity index (χ2v) is 4.71. The molecule has 0 aliphatic carbocycles. The number of carboxylic acids is 1. The van der Waals surface area contributed by atoms with Crippen molar-refractivity contribution < 1.29 is 9.90 Å². The first-order valence-corrected chi connectivity index (χ1v) is 5.86. The average molecular weight is 241 g/mol. The van der Waals surface area contributed by atoms with Crippen LogP contribution in [-0.2, 0) is 4.79 Å². The number of hydrogen-bond donors (Lipinski definition) is 1. The lowest BCUT2D eigenvalue weighted by Crippen LogP contribution is -2.11. The van der Waals surface area contributed by atoms with Gasteiger partial charge in [0.05, 0.1) is 5.92 Å². The van der Waals surface area contributed by atoms with Gasteiger partial charge in [-0.05, 0) is 35.6 Å². The lowest BCUT2D eigenvalue weighted by Gasteiger charge is -2.14. The molecular formula is C13H17ClO2. The highest BCUT2D eigenvalue weighted by molar-refractivity contribution is 6.30. The molecule has 0 amide bonds. The minimum atomic E-state index is -0.792. The van der Waals surface area contributed by atoms with E-state index in [1.165, 1.54) is 0 Å². The molecule has 88 valence electrons. The van der Waals surface area contributed by atoms with Crippen LogP contribution >= 0.6 is 11.6 Å². The summed E-state index contributed by atoms with van der Waals surface area (Å²) in [4.78, 5) is 11.1. The van der Waals surface area contributed by atoms with Gasteiger partial charge in [0.25, 0.3) is 0 Å². The van der Waals surface area contributed by atoms with Gasteiger partial charge in [-0.15, -0.1) is 0 Å². The lowest BCUT2D eigenvalue weighted by atomic mass is 9.92. The highest BCUT2D eigenvalue weighted by Gasteiger charge is 2.18. The van der Waals surface area contributed by atoms with Gasteiger partial charge < -0.3 is 5.11 Å². The first-order valence-electron chi connectivity index (χ1n) is 5.48. The Hall–Kier alpha value is -1.02. The molecule has 1 rings (SSSR count). The van der Waals surface area contributed by atoms with Crippen molar-refractivity contribution in [1.82, 2.24) is 0 Å². The molecule has 16 heavy (non-hydrogen) atoms. The Labute approximate surface area is 101 Å². The predicted molar refractivity (Wildman–Crippen MR) is 66.2 cm³/mol. The SMILES string of the molecule is CCC(C(=O)O)c1cc(Cl)cc(C(C)C)c1. The molecule has 0 saturated heterocycles. The molecule has 1 aromatic carbocycles. The number of aliphatic carboxylic acids is 1. The van der Waals surface area contributed by atoms with Crippen LogP contribution in [0.5, 0.6) is 0 Å². The van der Waals surface area contributed by atoms with E-state index in [-0.39, 0.29) is 0 Å². The number of carboxylic acid groups (broad SMARTS) is 1. The Balaban J connectivity index is 3.17. The van der Waals surface area contributed by atoms with Gasteiger partial charge in [-0.3, -0.25) is 4.79 Å². The van der Waals surface area contributed by atoms with Crippen LogP contribution in [0.25, 0.3) is 0 Å². The molecule has 0 aliphatic heterocycles. The van der Waals surface area contributed by atoms with E-state index in [1.807, 2.05) is 19.1 Å². The molecule has 0 aromatic heterocycles. The van der Waals surface area contributed by atoms with Crippen molar-refractivity contribution in [2.75, 3.05) is 0 Å². The molecule has 0 radical (unpaired) electrons. The summed E-state index contributed by atoms with van der Waals surface area (Å²) in [5.74, 6) is -0.903. The summed E-state index contributed by atoms with van der Waals surface area (Å²) >= 11 is 6.01. The Kier molecular flexibility index (Phi) is 4.36. The molecule has 0 heterocycles. The zero-order valence-corrected chi connectivity index (χ0v) is 10.6. The maximum absolute atomic E-state index is 11.1. The monoisotopic (exact) mass is 240 g/mol. The van der Waals surface area contributed by atoms with Crippen molar-refractivity contribution in [2.24, 2.45) is 0 Å². The summed E-state index contributed by atoms with van der Waals surface area (Å²) in [6, 6.07) is 5.58. The van der Waals surface area contributed by atoms with Gasteiger partial charge >= 0.3 is 5.97 Å². The van der Waals surface area contributed by atoms with Gasteiger partial charge in [-0.25, -0.2) is 0 Å². The molecule has 1 unspecified atom stereocenters. The quantitative estimate of drug-likeness (QED) is 0.862. The van der Waals surface area contributed by atoms with Gasteiger partial charge in [-0.2, -0.15) is 0 Å². The molecular weight excluding hydrogens is 224 g/mol. The molecule has 0 aliphatic rings. The minimum Gasteiger partial charge on any atom is -0.481 e. The number of benzene rings is 1. The maximum Gasteiger partial charge on any atom is 0.310 e. The average Bonchev–Trinajstić information content (AvgIpc) is 2.17. The summed E-state index contributed by atoms with van der Waals surface area (Å²) in [7, 11) is 0. The zero-order valence-electron chi connectivity index (χ0n) is 9.83. The van der Waals surface area contributed by atoms with Gasteiger partial charge in [-0.1, -0.05) is 38.4 Å². The van der Waals surface area contributed by atoms with Crippen LogP contribution in [0.1, 0.15) is 50.2 Å². The van der Waals surface area contributed by atoms with Gasteiger partial charge in [0.2, 0.25) is 0 Å². The van der Waals surface area contributed by atoms with E-state index >= 15 is 0 Å². The highest BCUT2D eigenvalue weighted by Crippen LogP contribution is 2.27. The Bertz CT molecular complexity index is 386. The number of carbonyl (C=O) groups is 1. The fourth-order valence-corrected chi connectivity index (χ4v) is 1.98. The van der Waals surface area contributed by atoms with Crippen molar-refractivity contribution >= 4 is 17.6 Å². The topological polar surface area (TPSA) is 37.3 Å². The fraction of sp³-hybridized carbons (Fsp3) is 0.462. The largest absolute Gasteiger partial charge is 0.481 e. The summed E-state index contributed by atoms with van der Waals surface area (Å²) in [5, 5.41) is 9.72. The van der Waals surface area contributed by atoms with Gasteiger partial charge in [0.1, 0.15) is 0 Å². The van der Waals surface area contributed by atoms with Gasteiger partial charge in [0.15, 0.2) is 0 Å². The summed E-state index contributed by atoms with van der Waals surface area (Å²) in [5.41, 5.74) is 1.88. The van der Waals surface area contributed by atoms with Crippen LogP contribution in [0, 0.1) is 0 Å². The summed E-state index contributed by atoms with van der Waals surface area (Å²) < 4.78 is 0. The van der Waals surface area contributed by atoms with E-state index in [0.29, 0.717) is 17.4 Å². The fourth-order valence-electron chi connectivity index (χ4n) is 1.72. The second kappa shape index (κ2) is 5.35. The van der Waals surface area contributed by atoms with E-state index in [1.54, 1.807) is 6.07 Å². The predicted octanol–water partition coefficient (Wildman–Crippen LogP) is 4.04. The second-order valence-electron chi connectivity index (χ2n) is 4.27. The van der Waals surface area contributed by atoms with Crippen LogP contribution in [0.4, 0.5) is 0 Å². The third-order valence-electron chi connectivity index (χ3n) is 2.72. The Morgan fingerprint density at radius 2 is 1.88 bits per heavy atom. The van der Waals surface area contributed by atoms with E-state index in [2.05, 4.69) is 13.8 Å². The lowest BCUT2D eigenvalue weighted by molar-refractivity contribution is -0.138. The Morgan fingerprint density at radius 1 is 1.31 bits per heavy atom. The van der Waals surface area contributed by atoms with Crippen LogP contribution in [0.15, 0.2) is 18.2 Å². The minimum absolute atomic E-state index is 0.351. The van der Waals surface area contributed by atoms with Crippen LogP contribution in [0.3, 0.4) is 0 Å². The van der Waals surface area contributed by atoms with Crippen molar-refractivity contribution in [2.45, 2.75) is 39.0 Å².